The normalized spacial score (nSPS) is 10.5. The Bertz CT molecular complexity index is 644. The van der Waals surface area contributed by atoms with Crippen LogP contribution in [0.1, 0.15) is 17.3 Å². The molecule has 6 nitrogen and oxygen atoms in total. The number of ketones is 1. The van der Waals surface area contributed by atoms with Crippen molar-refractivity contribution in [2.45, 2.75) is 6.92 Å². The molecule has 1 aromatic rings. The average molecular weight is 280 g/mol. The first-order valence-electron chi connectivity index (χ1n) is 5.32. The van der Waals surface area contributed by atoms with E-state index in [-0.39, 0.29) is 5.78 Å². The van der Waals surface area contributed by atoms with Gasteiger partial charge in [0.2, 0.25) is 5.91 Å². The van der Waals surface area contributed by atoms with Crippen LogP contribution in [0.5, 0.6) is 0 Å². The maximum atomic E-state index is 11.5. The number of anilines is 1. The Balaban J connectivity index is 2.76. The maximum Gasteiger partial charge on any atom is 0.239 e. The lowest BCUT2D eigenvalue weighted by atomic mass is 10.1. The third kappa shape index (κ3) is 4.89. The van der Waals surface area contributed by atoms with Crippen molar-refractivity contribution < 1.29 is 18.0 Å². The van der Waals surface area contributed by atoms with Gasteiger partial charge in [0.25, 0.3) is 0 Å². The number of hydrogen-bond acceptors (Lipinski definition) is 5. The van der Waals surface area contributed by atoms with Crippen molar-refractivity contribution in [2.24, 2.45) is 0 Å². The SMILES string of the molecule is CC(=O)c1cccc(NC(=O)CS(=O)(=O)CC#N)c1. The van der Waals surface area contributed by atoms with Crippen molar-refractivity contribution in [1.29, 1.82) is 5.26 Å². The standard InChI is InChI=1S/C12H12N2O4S/c1-9(15)10-3-2-4-11(7-10)14-12(16)8-19(17,18)6-5-13/h2-4,7H,6,8H2,1H3,(H,14,16). The van der Waals surface area contributed by atoms with Crippen LogP contribution < -0.4 is 5.32 Å². The van der Waals surface area contributed by atoms with Gasteiger partial charge < -0.3 is 5.32 Å². The highest BCUT2D eigenvalue weighted by molar-refractivity contribution is 7.92. The fourth-order valence-electron chi connectivity index (χ4n) is 1.36. The minimum Gasteiger partial charge on any atom is -0.325 e. The summed E-state index contributed by atoms with van der Waals surface area (Å²) in [7, 11) is -3.72. The second-order valence-electron chi connectivity index (χ2n) is 3.88. The minimum atomic E-state index is -3.72. The van der Waals surface area contributed by atoms with Gasteiger partial charge in [0, 0.05) is 11.3 Å². The number of amides is 1. The molecule has 0 saturated heterocycles. The summed E-state index contributed by atoms with van der Waals surface area (Å²) in [5.74, 6) is -2.36. The van der Waals surface area contributed by atoms with Gasteiger partial charge in [-0.05, 0) is 19.1 Å². The van der Waals surface area contributed by atoms with E-state index in [1.54, 1.807) is 18.2 Å². The van der Waals surface area contributed by atoms with Crippen LogP contribution in [0.25, 0.3) is 0 Å². The Morgan fingerprint density at radius 2 is 2.05 bits per heavy atom. The first-order chi connectivity index (χ1) is 8.84. The van der Waals surface area contributed by atoms with Crippen LogP contribution in [0.15, 0.2) is 24.3 Å². The molecular formula is C12H12N2O4S. The Kier molecular flexibility index (Phi) is 4.78. The topological polar surface area (TPSA) is 104 Å². The summed E-state index contributed by atoms with van der Waals surface area (Å²) in [4.78, 5) is 22.7. The smallest absolute Gasteiger partial charge is 0.239 e. The molecule has 0 aromatic heterocycles. The Labute approximate surface area is 111 Å². The number of hydrogen-bond donors (Lipinski definition) is 1. The van der Waals surface area contributed by atoms with E-state index in [1.807, 2.05) is 0 Å². The minimum absolute atomic E-state index is 0.159. The van der Waals surface area contributed by atoms with Gasteiger partial charge in [-0.1, -0.05) is 12.1 Å². The van der Waals surface area contributed by atoms with Gasteiger partial charge in [0.1, 0.15) is 11.5 Å². The number of benzene rings is 1. The number of carbonyl (C=O) groups excluding carboxylic acids is 2. The molecule has 7 heteroatoms. The van der Waals surface area contributed by atoms with Gasteiger partial charge in [0.05, 0.1) is 6.07 Å². The predicted molar refractivity (Wildman–Crippen MR) is 69.3 cm³/mol. The molecule has 1 aromatic carbocycles. The molecule has 0 aliphatic rings. The van der Waals surface area contributed by atoms with E-state index in [9.17, 15) is 18.0 Å². The maximum absolute atomic E-state index is 11.5. The molecule has 1 amide bonds. The van der Waals surface area contributed by atoms with E-state index in [0.29, 0.717) is 11.3 Å². The van der Waals surface area contributed by atoms with E-state index in [0.717, 1.165) is 0 Å². The molecule has 0 unspecified atom stereocenters. The van der Waals surface area contributed by atoms with E-state index in [1.165, 1.54) is 19.1 Å². The number of nitriles is 1. The fraction of sp³-hybridized carbons (Fsp3) is 0.250. The summed E-state index contributed by atoms with van der Waals surface area (Å²) in [6, 6.07) is 7.65. The molecular weight excluding hydrogens is 268 g/mol. The van der Waals surface area contributed by atoms with Crippen molar-refractivity contribution in [3.05, 3.63) is 29.8 Å². The fourth-order valence-corrected chi connectivity index (χ4v) is 2.13. The van der Waals surface area contributed by atoms with Gasteiger partial charge in [-0.2, -0.15) is 5.26 Å². The lowest BCUT2D eigenvalue weighted by Crippen LogP contribution is -2.24. The van der Waals surface area contributed by atoms with Gasteiger partial charge in [0.15, 0.2) is 15.6 Å². The highest BCUT2D eigenvalue weighted by Crippen LogP contribution is 2.11. The van der Waals surface area contributed by atoms with Crippen LogP contribution in [-0.4, -0.2) is 31.6 Å². The summed E-state index contributed by atoms with van der Waals surface area (Å²) >= 11 is 0. The predicted octanol–water partition coefficient (Wildman–Crippen LogP) is 0.766. The lowest BCUT2D eigenvalue weighted by Gasteiger charge is -2.05. The highest BCUT2D eigenvalue weighted by Gasteiger charge is 2.16. The van der Waals surface area contributed by atoms with Crippen LogP contribution >= 0.6 is 0 Å². The largest absolute Gasteiger partial charge is 0.325 e. The Morgan fingerprint density at radius 3 is 2.63 bits per heavy atom. The van der Waals surface area contributed by atoms with Gasteiger partial charge in [-0.3, -0.25) is 9.59 Å². The zero-order valence-corrected chi connectivity index (χ0v) is 11.0. The second-order valence-corrected chi connectivity index (χ2v) is 5.94. The number of carbonyl (C=O) groups is 2. The van der Waals surface area contributed by atoms with Crippen LogP contribution in [0, 0.1) is 11.3 Å². The average Bonchev–Trinajstić information content (AvgIpc) is 2.27. The number of nitrogens with one attached hydrogen (secondary N) is 1. The Hall–Kier alpha value is -2.20. The molecule has 0 aliphatic heterocycles. The zero-order chi connectivity index (χ0) is 14.5. The molecule has 19 heavy (non-hydrogen) atoms. The molecule has 0 aliphatic carbocycles. The molecule has 0 heterocycles. The molecule has 0 bridgehead atoms. The van der Waals surface area contributed by atoms with Gasteiger partial charge in [-0.15, -0.1) is 0 Å². The summed E-state index contributed by atoms with van der Waals surface area (Å²) in [5.41, 5.74) is 0.752. The van der Waals surface area contributed by atoms with Crippen molar-refractivity contribution in [3.63, 3.8) is 0 Å². The van der Waals surface area contributed by atoms with Crippen molar-refractivity contribution in [3.8, 4) is 6.07 Å². The molecule has 0 saturated carbocycles. The van der Waals surface area contributed by atoms with E-state index in [2.05, 4.69) is 5.32 Å². The summed E-state index contributed by atoms with van der Waals surface area (Å²) in [6.45, 7) is 1.39. The number of Topliss-reactive ketones (excluding diaryl/α,β-unsaturated/α-hetero) is 1. The van der Waals surface area contributed by atoms with Crippen molar-refractivity contribution in [2.75, 3.05) is 16.8 Å². The van der Waals surface area contributed by atoms with Crippen LogP contribution in [0.4, 0.5) is 5.69 Å². The van der Waals surface area contributed by atoms with E-state index in [4.69, 9.17) is 5.26 Å². The number of sulfone groups is 1. The quantitative estimate of drug-likeness (QED) is 0.802. The van der Waals surface area contributed by atoms with Crippen LogP contribution in [0.2, 0.25) is 0 Å². The monoisotopic (exact) mass is 280 g/mol. The van der Waals surface area contributed by atoms with Crippen LogP contribution in [0.3, 0.4) is 0 Å². The van der Waals surface area contributed by atoms with Gasteiger partial charge in [-0.25, -0.2) is 8.42 Å². The second kappa shape index (κ2) is 6.11. The third-order valence-corrected chi connectivity index (χ3v) is 3.46. The summed E-state index contributed by atoms with van der Waals surface area (Å²) in [5, 5.41) is 10.7. The van der Waals surface area contributed by atoms with E-state index >= 15 is 0 Å². The first kappa shape index (κ1) is 14.9. The summed E-state index contributed by atoms with van der Waals surface area (Å²) < 4.78 is 22.5. The number of rotatable bonds is 5. The molecule has 100 valence electrons. The Morgan fingerprint density at radius 1 is 1.37 bits per heavy atom. The molecule has 0 radical (unpaired) electrons. The lowest BCUT2D eigenvalue weighted by molar-refractivity contribution is -0.113. The van der Waals surface area contributed by atoms with E-state index < -0.39 is 27.3 Å². The van der Waals surface area contributed by atoms with Crippen molar-refractivity contribution in [1.82, 2.24) is 0 Å². The third-order valence-electron chi connectivity index (χ3n) is 2.19. The summed E-state index contributed by atoms with van der Waals surface area (Å²) in [6.07, 6.45) is 0. The molecule has 1 rings (SSSR count). The molecule has 1 N–H and O–H groups in total. The zero-order valence-electron chi connectivity index (χ0n) is 10.2. The number of nitrogens with zero attached hydrogens (tertiary/aromatic N) is 1. The molecule has 0 spiro atoms. The van der Waals surface area contributed by atoms with Crippen molar-refractivity contribution >= 4 is 27.2 Å². The van der Waals surface area contributed by atoms with Crippen LogP contribution in [-0.2, 0) is 14.6 Å². The highest BCUT2D eigenvalue weighted by atomic mass is 32.2. The molecule has 0 atom stereocenters. The molecule has 0 fully saturated rings. The van der Waals surface area contributed by atoms with Gasteiger partial charge >= 0.3 is 0 Å². The first-order valence-corrected chi connectivity index (χ1v) is 7.14.